The number of likely N-dealkylation sites (tertiary alicyclic amines) is 1. The van der Waals surface area contributed by atoms with E-state index >= 15 is 0 Å². The molecule has 1 saturated carbocycles. The van der Waals surface area contributed by atoms with Crippen LogP contribution in [0.3, 0.4) is 0 Å². The molecule has 3 fully saturated rings. The van der Waals surface area contributed by atoms with Crippen LogP contribution in [0.1, 0.15) is 44.9 Å². The number of carbonyl (C=O) groups excluding carboxylic acids is 2. The third kappa shape index (κ3) is 4.71. The van der Waals surface area contributed by atoms with Gasteiger partial charge in [-0.25, -0.2) is 0 Å². The van der Waals surface area contributed by atoms with Crippen molar-refractivity contribution < 1.29 is 19.4 Å². The van der Waals surface area contributed by atoms with Crippen LogP contribution in [-0.4, -0.2) is 72.9 Å². The van der Waals surface area contributed by atoms with E-state index < -0.39 is 11.8 Å². The highest BCUT2D eigenvalue weighted by Crippen LogP contribution is 2.40. The van der Waals surface area contributed by atoms with Gasteiger partial charge in [0.1, 0.15) is 0 Å². The van der Waals surface area contributed by atoms with Gasteiger partial charge >= 0.3 is 11.8 Å². The van der Waals surface area contributed by atoms with E-state index in [9.17, 15) is 9.59 Å². The Hall–Kier alpha value is -1.18. The molecule has 0 radical (unpaired) electrons. The van der Waals surface area contributed by atoms with Gasteiger partial charge in [0.2, 0.25) is 0 Å². The second kappa shape index (κ2) is 8.47. The number of piperidine rings is 2. The van der Waals surface area contributed by atoms with Crippen LogP contribution in [-0.2, 0) is 14.3 Å². The molecule has 142 valence electrons. The molecule has 25 heavy (non-hydrogen) atoms. The maximum Gasteiger partial charge on any atom is 0.311 e. The smallest absolute Gasteiger partial charge is 0.311 e. The average molecular weight is 353 g/mol. The van der Waals surface area contributed by atoms with E-state index in [4.69, 9.17) is 9.84 Å². The highest BCUT2D eigenvalue weighted by atomic mass is 16.5. The SMILES string of the molecule is O=C(NCC1CCNC2(CCC2)C1)C(=O)N1CCCC(OCCO)C1. The third-order valence-electron chi connectivity index (χ3n) is 5.90. The molecule has 7 nitrogen and oxygen atoms in total. The average Bonchev–Trinajstić information content (AvgIpc) is 2.63. The maximum atomic E-state index is 12.4. The van der Waals surface area contributed by atoms with Crippen molar-refractivity contribution in [2.45, 2.75) is 56.6 Å². The second-order valence-corrected chi connectivity index (χ2v) is 7.74. The summed E-state index contributed by atoms with van der Waals surface area (Å²) in [5, 5.41) is 15.3. The molecule has 1 spiro atoms. The zero-order valence-electron chi connectivity index (χ0n) is 15.0. The van der Waals surface area contributed by atoms with Crippen LogP contribution in [0.2, 0.25) is 0 Å². The van der Waals surface area contributed by atoms with Crippen LogP contribution in [0.25, 0.3) is 0 Å². The Morgan fingerprint density at radius 2 is 2.12 bits per heavy atom. The van der Waals surface area contributed by atoms with Gasteiger partial charge in [-0.15, -0.1) is 0 Å². The summed E-state index contributed by atoms with van der Waals surface area (Å²) >= 11 is 0. The molecular formula is C18H31N3O4. The lowest BCUT2D eigenvalue weighted by molar-refractivity contribution is -0.148. The van der Waals surface area contributed by atoms with Crippen molar-refractivity contribution in [3.63, 3.8) is 0 Å². The Morgan fingerprint density at radius 3 is 2.84 bits per heavy atom. The topological polar surface area (TPSA) is 90.9 Å². The molecule has 2 aliphatic heterocycles. The summed E-state index contributed by atoms with van der Waals surface area (Å²) in [5.74, 6) is -0.492. The number of aliphatic hydroxyl groups is 1. The Morgan fingerprint density at radius 1 is 1.28 bits per heavy atom. The fraction of sp³-hybridized carbons (Fsp3) is 0.889. The van der Waals surface area contributed by atoms with Gasteiger partial charge in [0.15, 0.2) is 0 Å². The minimum Gasteiger partial charge on any atom is -0.394 e. The van der Waals surface area contributed by atoms with Gasteiger partial charge in [-0.2, -0.15) is 0 Å². The molecule has 3 N–H and O–H groups in total. The van der Waals surface area contributed by atoms with Crippen molar-refractivity contribution in [1.82, 2.24) is 15.5 Å². The number of rotatable bonds is 5. The number of aliphatic hydroxyl groups excluding tert-OH is 1. The first-order valence-corrected chi connectivity index (χ1v) is 9.66. The molecule has 7 heteroatoms. The van der Waals surface area contributed by atoms with E-state index in [1.165, 1.54) is 19.3 Å². The van der Waals surface area contributed by atoms with E-state index in [0.717, 1.165) is 32.2 Å². The summed E-state index contributed by atoms with van der Waals surface area (Å²) in [4.78, 5) is 26.2. The Balaban J connectivity index is 1.42. The molecule has 2 saturated heterocycles. The Kier molecular flexibility index (Phi) is 6.30. The van der Waals surface area contributed by atoms with Crippen LogP contribution in [0, 0.1) is 5.92 Å². The van der Waals surface area contributed by atoms with Crippen LogP contribution in [0.15, 0.2) is 0 Å². The second-order valence-electron chi connectivity index (χ2n) is 7.74. The molecule has 3 aliphatic rings. The van der Waals surface area contributed by atoms with Crippen LogP contribution in [0.4, 0.5) is 0 Å². The van der Waals surface area contributed by atoms with E-state index in [0.29, 0.717) is 31.1 Å². The van der Waals surface area contributed by atoms with Crippen LogP contribution >= 0.6 is 0 Å². The molecule has 0 aromatic carbocycles. The van der Waals surface area contributed by atoms with E-state index in [-0.39, 0.29) is 19.3 Å². The predicted molar refractivity (Wildman–Crippen MR) is 93.0 cm³/mol. The Bertz CT molecular complexity index is 481. The van der Waals surface area contributed by atoms with Gasteiger partial charge < -0.3 is 25.4 Å². The molecule has 2 amide bonds. The summed E-state index contributed by atoms with van der Waals surface area (Å²) in [6, 6.07) is 0. The Labute approximate surface area is 149 Å². The van der Waals surface area contributed by atoms with Crippen LogP contribution in [0.5, 0.6) is 0 Å². The number of hydrogen-bond acceptors (Lipinski definition) is 5. The monoisotopic (exact) mass is 353 g/mol. The van der Waals surface area contributed by atoms with Gasteiger partial charge in [-0.1, -0.05) is 0 Å². The van der Waals surface area contributed by atoms with Crippen molar-refractivity contribution in [1.29, 1.82) is 0 Å². The molecular weight excluding hydrogens is 322 g/mol. The van der Waals surface area contributed by atoms with Crippen LogP contribution < -0.4 is 10.6 Å². The van der Waals surface area contributed by atoms with Gasteiger partial charge in [0.05, 0.1) is 19.3 Å². The van der Waals surface area contributed by atoms with Crippen molar-refractivity contribution in [2.24, 2.45) is 5.92 Å². The van der Waals surface area contributed by atoms with Gasteiger partial charge in [-0.3, -0.25) is 9.59 Å². The quantitative estimate of drug-likeness (QED) is 0.607. The number of nitrogens with one attached hydrogen (secondary N) is 2. The minimum absolute atomic E-state index is 0.0251. The number of carbonyl (C=O) groups is 2. The fourth-order valence-electron chi connectivity index (χ4n) is 4.36. The fourth-order valence-corrected chi connectivity index (χ4v) is 4.36. The normalized spacial score (nSPS) is 28.4. The van der Waals surface area contributed by atoms with Gasteiger partial charge in [0, 0.05) is 25.2 Å². The summed E-state index contributed by atoms with van der Waals surface area (Å²) in [5.41, 5.74) is 0.307. The van der Waals surface area contributed by atoms with Crippen molar-refractivity contribution in [3.8, 4) is 0 Å². The first kappa shape index (κ1) is 18.6. The lowest BCUT2D eigenvalue weighted by Crippen LogP contribution is -2.57. The highest BCUT2D eigenvalue weighted by molar-refractivity contribution is 6.35. The number of ether oxygens (including phenoxy) is 1. The highest BCUT2D eigenvalue weighted by Gasteiger charge is 2.41. The first-order chi connectivity index (χ1) is 12.1. The lowest BCUT2D eigenvalue weighted by atomic mass is 9.68. The largest absolute Gasteiger partial charge is 0.394 e. The predicted octanol–water partition coefficient (Wildman–Crippen LogP) is 0.0248. The van der Waals surface area contributed by atoms with E-state index in [1.807, 2.05) is 0 Å². The summed E-state index contributed by atoms with van der Waals surface area (Å²) < 4.78 is 5.51. The molecule has 0 bridgehead atoms. The molecule has 2 atom stereocenters. The molecule has 2 heterocycles. The minimum atomic E-state index is -0.496. The number of nitrogens with zero attached hydrogens (tertiary/aromatic N) is 1. The van der Waals surface area contributed by atoms with E-state index in [2.05, 4.69) is 10.6 Å². The van der Waals surface area contributed by atoms with Crippen molar-refractivity contribution in [2.75, 3.05) is 39.4 Å². The zero-order valence-corrected chi connectivity index (χ0v) is 15.0. The molecule has 3 rings (SSSR count). The maximum absolute atomic E-state index is 12.4. The molecule has 0 aromatic rings. The molecule has 0 aromatic heterocycles. The molecule has 2 unspecified atom stereocenters. The first-order valence-electron chi connectivity index (χ1n) is 9.66. The van der Waals surface area contributed by atoms with E-state index in [1.54, 1.807) is 4.90 Å². The summed E-state index contributed by atoms with van der Waals surface area (Å²) in [7, 11) is 0. The zero-order chi connectivity index (χ0) is 17.7. The lowest BCUT2D eigenvalue weighted by Gasteiger charge is -2.48. The number of hydrogen-bond donors (Lipinski definition) is 3. The standard InChI is InChI=1S/C18H31N3O4/c22-9-10-25-15-3-1-8-21(13-15)17(24)16(23)19-12-14-4-7-20-18(11-14)5-2-6-18/h14-15,20,22H,1-13H2,(H,19,23). The number of amides is 2. The van der Waals surface area contributed by atoms with Crippen molar-refractivity contribution in [3.05, 3.63) is 0 Å². The summed E-state index contributed by atoms with van der Waals surface area (Å²) in [6.07, 6.45) is 7.52. The van der Waals surface area contributed by atoms with Gasteiger partial charge in [-0.05, 0) is 57.4 Å². The van der Waals surface area contributed by atoms with Gasteiger partial charge in [0.25, 0.3) is 0 Å². The summed E-state index contributed by atoms with van der Waals surface area (Å²) in [6.45, 7) is 2.88. The van der Waals surface area contributed by atoms with Crippen molar-refractivity contribution >= 4 is 11.8 Å². The third-order valence-corrected chi connectivity index (χ3v) is 5.90. The molecule has 1 aliphatic carbocycles.